The Labute approximate surface area is 198 Å². The number of aromatic nitrogens is 3. The predicted molar refractivity (Wildman–Crippen MR) is 140 cm³/mol. The van der Waals surface area contributed by atoms with Gasteiger partial charge in [0.2, 0.25) is 5.95 Å². The van der Waals surface area contributed by atoms with Crippen molar-refractivity contribution >= 4 is 41.8 Å². The van der Waals surface area contributed by atoms with Crippen LogP contribution >= 0.6 is 18.5 Å². The van der Waals surface area contributed by atoms with Crippen molar-refractivity contribution in [1.29, 1.82) is 0 Å². The molecule has 1 N–H and O–H groups in total. The Kier molecular flexibility index (Phi) is 6.03. The minimum atomic E-state index is -0.239. The zero-order chi connectivity index (χ0) is 23.0. The standard InChI is InChI=1S/C24H28N6OP2/c1-16-5-2-3-6-18(16)19-7-9-25-21(30-12-8-24(32,33)15-30)20(19)28-22(31)17-13-26-23(27-14-17)29-10-4-11-29/h2-3,5-7,9,13-14H,4,8,10-12,15,32-33H2,1H3,(H,28,31). The number of hydrogen-bond donors (Lipinski definition) is 1. The maximum absolute atomic E-state index is 13.3. The van der Waals surface area contributed by atoms with E-state index in [0.717, 1.165) is 67.2 Å². The summed E-state index contributed by atoms with van der Waals surface area (Å²) in [7, 11) is 5.84. The maximum Gasteiger partial charge on any atom is 0.258 e. The van der Waals surface area contributed by atoms with E-state index in [-0.39, 0.29) is 10.8 Å². The van der Waals surface area contributed by atoms with Crippen molar-refractivity contribution in [3.63, 3.8) is 0 Å². The molecule has 170 valence electrons. The van der Waals surface area contributed by atoms with E-state index >= 15 is 0 Å². The highest BCUT2D eigenvalue weighted by Crippen LogP contribution is 2.43. The number of carbonyl (C=O) groups excluding carboxylic acids is 1. The minimum absolute atomic E-state index is 0.0438. The van der Waals surface area contributed by atoms with E-state index in [1.807, 2.05) is 24.4 Å². The Morgan fingerprint density at radius 2 is 1.76 bits per heavy atom. The van der Waals surface area contributed by atoms with Crippen molar-refractivity contribution in [2.45, 2.75) is 24.7 Å². The minimum Gasteiger partial charge on any atom is -0.354 e. The SMILES string of the molecule is Cc1ccccc1-c1ccnc(N2CCC(P)(P)C2)c1NC(=O)c1cnc(N2CCC2)nc1. The second-order valence-electron chi connectivity index (χ2n) is 8.84. The van der Waals surface area contributed by atoms with Crippen molar-refractivity contribution < 1.29 is 4.79 Å². The van der Waals surface area contributed by atoms with Crippen LogP contribution < -0.4 is 15.1 Å². The van der Waals surface area contributed by atoms with E-state index in [9.17, 15) is 4.79 Å². The molecule has 2 aliphatic rings. The van der Waals surface area contributed by atoms with Crippen LogP contribution in [0.2, 0.25) is 0 Å². The molecule has 0 radical (unpaired) electrons. The monoisotopic (exact) mass is 478 g/mol. The molecule has 2 fully saturated rings. The summed E-state index contributed by atoms with van der Waals surface area (Å²) in [6.45, 7) is 5.70. The molecule has 2 aromatic heterocycles. The average molecular weight is 478 g/mol. The number of nitrogens with one attached hydrogen (secondary N) is 1. The van der Waals surface area contributed by atoms with Crippen LogP contribution in [0, 0.1) is 6.92 Å². The third-order valence-electron chi connectivity index (χ3n) is 6.28. The van der Waals surface area contributed by atoms with Crippen molar-refractivity contribution in [3.05, 3.63) is 60.0 Å². The summed E-state index contributed by atoms with van der Waals surface area (Å²) in [5.74, 6) is 1.22. The number of carbonyl (C=O) groups is 1. The maximum atomic E-state index is 13.3. The summed E-state index contributed by atoms with van der Waals surface area (Å²) in [5.41, 5.74) is 4.31. The number of nitrogens with zero attached hydrogens (tertiary/aromatic N) is 5. The van der Waals surface area contributed by atoms with Gasteiger partial charge < -0.3 is 15.1 Å². The van der Waals surface area contributed by atoms with Gasteiger partial charge in [0.25, 0.3) is 5.91 Å². The van der Waals surface area contributed by atoms with Gasteiger partial charge in [-0.05, 0) is 37.0 Å². The van der Waals surface area contributed by atoms with Gasteiger partial charge in [0, 0.05) is 55.2 Å². The second-order valence-corrected chi connectivity index (χ2v) is 11.8. The van der Waals surface area contributed by atoms with E-state index in [4.69, 9.17) is 4.98 Å². The van der Waals surface area contributed by atoms with Crippen LogP contribution in [0.15, 0.2) is 48.9 Å². The predicted octanol–water partition coefficient (Wildman–Crippen LogP) is 3.97. The van der Waals surface area contributed by atoms with Crippen molar-refractivity contribution in [2.75, 3.05) is 41.3 Å². The molecule has 1 aromatic carbocycles. The molecule has 33 heavy (non-hydrogen) atoms. The highest BCUT2D eigenvalue weighted by molar-refractivity contribution is 7.40. The van der Waals surface area contributed by atoms with Gasteiger partial charge in [0.1, 0.15) is 0 Å². The Morgan fingerprint density at radius 1 is 1.00 bits per heavy atom. The van der Waals surface area contributed by atoms with Crippen LogP contribution in [0.1, 0.15) is 28.8 Å². The van der Waals surface area contributed by atoms with Crippen molar-refractivity contribution in [2.24, 2.45) is 0 Å². The summed E-state index contributed by atoms with van der Waals surface area (Å²) < 4.78 is 0. The molecule has 9 heteroatoms. The molecule has 4 heterocycles. The van der Waals surface area contributed by atoms with Crippen LogP contribution in [-0.2, 0) is 0 Å². The Hall–Kier alpha value is -2.62. The molecule has 2 unspecified atom stereocenters. The molecular formula is C24H28N6OP2. The number of amides is 1. The quantitative estimate of drug-likeness (QED) is 0.560. The van der Waals surface area contributed by atoms with Crippen LogP contribution in [0.25, 0.3) is 11.1 Å². The van der Waals surface area contributed by atoms with E-state index in [2.05, 4.69) is 62.6 Å². The van der Waals surface area contributed by atoms with E-state index < -0.39 is 0 Å². The fourth-order valence-corrected chi connectivity index (χ4v) is 4.95. The van der Waals surface area contributed by atoms with Gasteiger partial charge in [-0.15, -0.1) is 18.5 Å². The highest BCUT2D eigenvalue weighted by Gasteiger charge is 2.32. The number of anilines is 3. The first-order chi connectivity index (χ1) is 15.9. The molecule has 0 aliphatic carbocycles. The molecule has 1 amide bonds. The molecule has 3 aromatic rings. The number of rotatable bonds is 5. The van der Waals surface area contributed by atoms with Gasteiger partial charge in [-0.1, -0.05) is 24.3 Å². The van der Waals surface area contributed by atoms with Gasteiger partial charge in [0.05, 0.1) is 11.3 Å². The highest BCUT2D eigenvalue weighted by atomic mass is 31.1. The van der Waals surface area contributed by atoms with Gasteiger partial charge in [-0.25, -0.2) is 15.0 Å². The number of benzene rings is 1. The molecule has 2 aliphatic heterocycles. The van der Waals surface area contributed by atoms with Gasteiger partial charge in [-0.2, -0.15) is 0 Å². The molecule has 5 rings (SSSR count). The first-order valence-corrected chi connectivity index (χ1v) is 12.3. The third-order valence-corrected chi connectivity index (χ3v) is 7.22. The lowest BCUT2D eigenvalue weighted by atomic mass is 9.99. The zero-order valence-corrected chi connectivity index (χ0v) is 21.0. The van der Waals surface area contributed by atoms with Crippen LogP contribution in [0.3, 0.4) is 0 Å². The molecule has 7 nitrogen and oxygen atoms in total. The number of pyridine rings is 1. The van der Waals surface area contributed by atoms with Crippen LogP contribution in [0.4, 0.5) is 17.5 Å². The van der Waals surface area contributed by atoms with Crippen LogP contribution in [0.5, 0.6) is 0 Å². The number of aryl methyl sites for hydroxylation is 1. The molecule has 2 atom stereocenters. The van der Waals surface area contributed by atoms with E-state index in [0.29, 0.717) is 11.5 Å². The third kappa shape index (κ3) is 4.58. The summed E-state index contributed by atoms with van der Waals surface area (Å²) in [6, 6.07) is 10.2. The summed E-state index contributed by atoms with van der Waals surface area (Å²) in [4.78, 5) is 31.2. The normalized spacial score (nSPS) is 17.1. The van der Waals surface area contributed by atoms with Gasteiger partial charge >= 0.3 is 0 Å². The van der Waals surface area contributed by atoms with Gasteiger partial charge in [0.15, 0.2) is 5.82 Å². The molecule has 0 saturated carbocycles. The topological polar surface area (TPSA) is 74.2 Å². The molecule has 2 saturated heterocycles. The Balaban J connectivity index is 1.51. The lowest BCUT2D eigenvalue weighted by molar-refractivity contribution is 0.102. The zero-order valence-electron chi connectivity index (χ0n) is 18.7. The Morgan fingerprint density at radius 3 is 2.39 bits per heavy atom. The summed E-state index contributed by atoms with van der Waals surface area (Å²) >= 11 is 0. The molecular weight excluding hydrogens is 450 g/mol. The first kappa shape index (κ1) is 22.2. The van der Waals surface area contributed by atoms with E-state index in [1.54, 1.807) is 12.4 Å². The van der Waals surface area contributed by atoms with E-state index in [1.165, 1.54) is 0 Å². The summed E-state index contributed by atoms with van der Waals surface area (Å²) in [6.07, 6.45) is 7.19. The van der Waals surface area contributed by atoms with Crippen molar-refractivity contribution in [1.82, 2.24) is 15.0 Å². The fourth-order valence-electron chi connectivity index (χ4n) is 4.25. The lowest BCUT2D eigenvalue weighted by Crippen LogP contribution is -2.38. The summed E-state index contributed by atoms with van der Waals surface area (Å²) in [5, 5.41) is 3.15. The molecule has 0 spiro atoms. The average Bonchev–Trinajstić information content (AvgIpc) is 3.13. The fraction of sp³-hybridized carbons (Fsp3) is 0.333. The number of hydrogen-bond acceptors (Lipinski definition) is 6. The van der Waals surface area contributed by atoms with Crippen LogP contribution in [-0.4, -0.2) is 51.9 Å². The molecule has 0 bridgehead atoms. The smallest absolute Gasteiger partial charge is 0.258 e. The second kappa shape index (κ2) is 8.96. The Bertz CT molecular complexity index is 1180. The first-order valence-electron chi connectivity index (χ1n) is 11.2. The largest absolute Gasteiger partial charge is 0.354 e. The lowest BCUT2D eigenvalue weighted by Gasteiger charge is -2.30. The van der Waals surface area contributed by atoms with Crippen molar-refractivity contribution in [3.8, 4) is 11.1 Å². The van der Waals surface area contributed by atoms with Gasteiger partial charge in [-0.3, -0.25) is 4.79 Å².